The van der Waals surface area contributed by atoms with Crippen molar-refractivity contribution in [2.24, 2.45) is 22.2 Å². The molecule has 2 heterocycles. The molecule has 0 aliphatic carbocycles. The third-order valence-corrected chi connectivity index (χ3v) is 6.31. The van der Waals surface area contributed by atoms with E-state index in [1.807, 2.05) is 27.7 Å². The smallest absolute Gasteiger partial charge is 0.209 e. The lowest BCUT2D eigenvalue weighted by molar-refractivity contribution is -0.257. The van der Waals surface area contributed by atoms with Crippen LogP contribution < -0.4 is 0 Å². The minimum atomic E-state index is -1.76. The van der Waals surface area contributed by atoms with E-state index in [0.717, 1.165) is 12.8 Å². The standard InChI is InChI=1S/C18H24N4O2/c1-5-12(6-2)13-17(9-19,10-20)18(11-21)14(22)24-15(23-13)16(18,7-3)8-4/h12-13,15,22H,5-8H2,1-4H3/t13-,15+,18-/m0/s1. The first-order valence-corrected chi connectivity index (χ1v) is 8.59. The maximum atomic E-state index is 10.2. The van der Waals surface area contributed by atoms with Gasteiger partial charge < -0.3 is 9.47 Å². The molecule has 1 N–H and O–H groups in total. The van der Waals surface area contributed by atoms with Gasteiger partial charge in [-0.15, -0.1) is 0 Å². The van der Waals surface area contributed by atoms with Crippen LogP contribution >= 0.6 is 0 Å². The van der Waals surface area contributed by atoms with Gasteiger partial charge in [-0.25, -0.2) is 0 Å². The summed E-state index contributed by atoms with van der Waals surface area (Å²) in [6, 6.07) is 6.42. The van der Waals surface area contributed by atoms with Crippen LogP contribution in [0.25, 0.3) is 0 Å². The minimum absolute atomic E-state index is 0.0549. The third-order valence-electron chi connectivity index (χ3n) is 6.31. The molecule has 0 amide bonds. The van der Waals surface area contributed by atoms with E-state index in [1.54, 1.807) is 0 Å². The van der Waals surface area contributed by atoms with Gasteiger partial charge in [0.2, 0.25) is 12.2 Å². The van der Waals surface area contributed by atoms with Gasteiger partial charge in [-0.1, -0.05) is 40.5 Å². The van der Waals surface area contributed by atoms with Gasteiger partial charge in [0, 0.05) is 0 Å². The average molecular weight is 328 g/mol. The highest BCUT2D eigenvalue weighted by molar-refractivity contribution is 5.89. The molecule has 0 saturated carbocycles. The molecule has 0 aromatic rings. The Balaban J connectivity index is 2.85. The number of nitrogens with one attached hydrogen (secondary N) is 1. The molecule has 0 aromatic carbocycles. The maximum Gasteiger partial charge on any atom is 0.209 e. The van der Waals surface area contributed by atoms with Crippen LogP contribution in [0, 0.1) is 61.6 Å². The Bertz CT molecular complexity index is 631. The van der Waals surface area contributed by atoms with E-state index >= 15 is 0 Å². The van der Waals surface area contributed by atoms with E-state index in [-0.39, 0.29) is 11.8 Å². The Morgan fingerprint density at radius 2 is 1.58 bits per heavy atom. The van der Waals surface area contributed by atoms with Crippen LogP contribution in [-0.4, -0.2) is 18.3 Å². The summed E-state index contributed by atoms with van der Waals surface area (Å²) in [5, 5.41) is 38.6. The molecule has 0 spiro atoms. The molecular weight excluding hydrogens is 304 g/mol. The van der Waals surface area contributed by atoms with Crippen LogP contribution in [0.5, 0.6) is 0 Å². The molecule has 2 aliphatic rings. The predicted octanol–water partition coefficient (Wildman–Crippen LogP) is 3.50. The first-order valence-electron chi connectivity index (χ1n) is 8.59. The van der Waals surface area contributed by atoms with E-state index in [4.69, 9.17) is 14.9 Å². The van der Waals surface area contributed by atoms with Crippen molar-refractivity contribution in [3.8, 4) is 18.2 Å². The van der Waals surface area contributed by atoms with Crippen LogP contribution in [0.4, 0.5) is 0 Å². The van der Waals surface area contributed by atoms with Crippen molar-refractivity contribution in [3.63, 3.8) is 0 Å². The second kappa shape index (κ2) is 6.08. The summed E-state index contributed by atoms with van der Waals surface area (Å²) in [5.74, 6) is -0.351. The molecule has 0 radical (unpaired) electrons. The van der Waals surface area contributed by atoms with Crippen LogP contribution in [0.1, 0.15) is 53.4 Å². The van der Waals surface area contributed by atoms with Crippen LogP contribution in [-0.2, 0) is 9.47 Å². The van der Waals surface area contributed by atoms with Gasteiger partial charge in [0.25, 0.3) is 0 Å². The quantitative estimate of drug-likeness (QED) is 0.829. The molecule has 6 nitrogen and oxygen atoms in total. The fourth-order valence-corrected chi connectivity index (χ4v) is 4.75. The van der Waals surface area contributed by atoms with E-state index in [0.29, 0.717) is 12.8 Å². The van der Waals surface area contributed by atoms with Crippen LogP contribution in [0.15, 0.2) is 0 Å². The molecule has 2 bridgehead atoms. The molecule has 2 fully saturated rings. The number of hydrogen-bond acceptors (Lipinski definition) is 6. The lowest BCUT2D eigenvalue weighted by atomic mass is 9.46. The lowest BCUT2D eigenvalue weighted by Crippen LogP contribution is -2.65. The molecule has 3 atom stereocenters. The minimum Gasteiger partial charge on any atom is -0.450 e. The third kappa shape index (κ3) is 1.69. The molecule has 0 aromatic heterocycles. The predicted molar refractivity (Wildman–Crippen MR) is 86.3 cm³/mol. The van der Waals surface area contributed by atoms with Gasteiger partial charge in [0.1, 0.15) is 0 Å². The number of nitriles is 3. The summed E-state index contributed by atoms with van der Waals surface area (Å²) in [6.45, 7) is 7.74. The summed E-state index contributed by atoms with van der Waals surface area (Å²) in [5.41, 5.74) is -4.23. The van der Waals surface area contributed by atoms with Gasteiger partial charge in [0.15, 0.2) is 10.8 Å². The Morgan fingerprint density at radius 3 is 1.96 bits per heavy atom. The molecule has 24 heavy (non-hydrogen) atoms. The summed E-state index contributed by atoms with van der Waals surface area (Å²) >= 11 is 0. The topological polar surface area (TPSA) is 114 Å². The van der Waals surface area contributed by atoms with Gasteiger partial charge >= 0.3 is 0 Å². The number of rotatable bonds is 5. The summed E-state index contributed by atoms with van der Waals surface area (Å²) in [7, 11) is 0. The maximum absolute atomic E-state index is 10.2. The number of fused-ring (bicyclic) bond motifs is 2. The highest BCUT2D eigenvalue weighted by Gasteiger charge is 2.81. The summed E-state index contributed by atoms with van der Waals surface area (Å²) in [4.78, 5) is 0. The van der Waals surface area contributed by atoms with Gasteiger partial charge in [-0.3, -0.25) is 5.41 Å². The molecular formula is C18H24N4O2. The van der Waals surface area contributed by atoms with E-state index < -0.39 is 28.6 Å². The zero-order valence-electron chi connectivity index (χ0n) is 14.7. The second-order valence-corrected chi connectivity index (χ2v) is 6.67. The number of hydrogen-bond donors (Lipinski definition) is 1. The van der Waals surface area contributed by atoms with Crippen molar-refractivity contribution in [1.82, 2.24) is 0 Å². The van der Waals surface area contributed by atoms with Gasteiger partial charge in [0.05, 0.1) is 29.7 Å². The highest BCUT2D eigenvalue weighted by Crippen LogP contribution is 2.68. The van der Waals surface area contributed by atoms with Crippen LogP contribution in [0.2, 0.25) is 0 Å². The highest BCUT2D eigenvalue weighted by atomic mass is 16.7. The zero-order valence-corrected chi connectivity index (χ0v) is 14.7. The van der Waals surface area contributed by atoms with E-state index in [9.17, 15) is 15.8 Å². The van der Waals surface area contributed by atoms with Gasteiger partial charge in [-0.05, 0) is 18.8 Å². The molecule has 2 rings (SSSR count). The normalized spacial score (nSPS) is 32.5. The molecule has 6 heteroatoms. The molecule has 2 saturated heterocycles. The number of nitrogens with zero attached hydrogens (tertiary/aromatic N) is 3. The summed E-state index contributed by atoms with van der Waals surface area (Å²) < 4.78 is 11.8. The molecule has 128 valence electrons. The SMILES string of the molecule is CCC(CC)[C@@H]1O[C@@H]2OC(=N)[C@](C#N)(C1(C#N)C#N)C2(CC)CC. The van der Waals surface area contributed by atoms with Crippen molar-refractivity contribution >= 4 is 5.90 Å². The van der Waals surface area contributed by atoms with E-state index in [2.05, 4.69) is 18.2 Å². The van der Waals surface area contributed by atoms with E-state index in [1.165, 1.54) is 0 Å². The van der Waals surface area contributed by atoms with Crippen molar-refractivity contribution in [2.75, 3.05) is 0 Å². The fourth-order valence-electron chi connectivity index (χ4n) is 4.75. The monoisotopic (exact) mass is 328 g/mol. The van der Waals surface area contributed by atoms with Crippen molar-refractivity contribution < 1.29 is 9.47 Å². The Labute approximate surface area is 143 Å². The number of ether oxygens (including phenoxy) is 2. The Hall–Kier alpha value is -2.10. The lowest BCUT2D eigenvalue weighted by Gasteiger charge is -2.53. The molecule has 2 aliphatic heterocycles. The Kier molecular flexibility index (Phi) is 4.62. The first kappa shape index (κ1) is 18.2. The van der Waals surface area contributed by atoms with Crippen molar-refractivity contribution in [2.45, 2.75) is 65.8 Å². The van der Waals surface area contributed by atoms with Crippen molar-refractivity contribution in [1.29, 1.82) is 21.2 Å². The van der Waals surface area contributed by atoms with Crippen molar-refractivity contribution in [3.05, 3.63) is 0 Å². The average Bonchev–Trinajstić information content (AvgIpc) is 2.79. The largest absolute Gasteiger partial charge is 0.450 e. The van der Waals surface area contributed by atoms with Gasteiger partial charge in [-0.2, -0.15) is 15.8 Å². The fraction of sp³-hybridized carbons (Fsp3) is 0.778. The second-order valence-electron chi connectivity index (χ2n) is 6.67. The molecule has 0 unspecified atom stereocenters. The first-order chi connectivity index (χ1) is 11.4. The Morgan fingerprint density at radius 1 is 1.04 bits per heavy atom. The van der Waals surface area contributed by atoms with Crippen LogP contribution in [0.3, 0.4) is 0 Å². The zero-order chi connectivity index (χ0) is 18.2. The summed E-state index contributed by atoms with van der Waals surface area (Å²) in [6.07, 6.45) is 0.912.